The molecule has 0 bridgehead atoms. The molecule has 6 nitrogen and oxygen atoms in total. The number of hydrogen-bond acceptors (Lipinski definition) is 6. The number of hydrogen-bond donors (Lipinski definition) is 2. The normalized spacial score (nSPS) is 20.3. The van der Waals surface area contributed by atoms with Crippen LogP contribution >= 0.6 is 0 Å². The second kappa shape index (κ2) is 10.4. The van der Waals surface area contributed by atoms with Crippen LogP contribution in [0.5, 0.6) is 28.7 Å². The van der Waals surface area contributed by atoms with Crippen molar-refractivity contribution in [2.45, 2.75) is 39.3 Å². The summed E-state index contributed by atoms with van der Waals surface area (Å²) in [5, 5.41) is 20.6. The summed E-state index contributed by atoms with van der Waals surface area (Å²) in [5.41, 5.74) is 4.50. The lowest BCUT2D eigenvalue weighted by Crippen LogP contribution is -2.35. The summed E-state index contributed by atoms with van der Waals surface area (Å²) in [6.07, 6.45) is 0.839. The highest BCUT2D eigenvalue weighted by atomic mass is 16.5. The molecular formula is C31H35NO5. The molecule has 1 fully saturated rings. The maximum atomic E-state index is 10.4. The molecule has 0 aliphatic carbocycles. The number of likely N-dealkylation sites (tertiary alicyclic amines) is 1. The molecule has 2 heterocycles. The quantitative estimate of drug-likeness (QED) is 0.397. The van der Waals surface area contributed by atoms with E-state index >= 15 is 0 Å². The molecule has 3 atom stereocenters. The average Bonchev–Trinajstić information content (AvgIpc) is 3.34. The summed E-state index contributed by atoms with van der Waals surface area (Å²) >= 11 is 0. The van der Waals surface area contributed by atoms with Gasteiger partial charge in [-0.25, -0.2) is 0 Å². The zero-order valence-electron chi connectivity index (χ0n) is 21.9. The molecule has 6 heteroatoms. The zero-order chi connectivity index (χ0) is 26.1. The SMILES string of the molecule is COc1cc2c(cc1O)C(C)=C(c1cccc(O)c1)C(c1ccc(OCC(C)N3CCC(C)C3)cc1)O2. The van der Waals surface area contributed by atoms with Crippen molar-refractivity contribution in [1.82, 2.24) is 4.90 Å². The van der Waals surface area contributed by atoms with Gasteiger partial charge in [0.2, 0.25) is 0 Å². The van der Waals surface area contributed by atoms with E-state index in [2.05, 4.69) is 18.7 Å². The third-order valence-electron chi connectivity index (χ3n) is 7.51. The average molecular weight is 502 g/mol. The number of fused-ring (bicyclic) bond motifs is 1. The van der Waals surface area contributed by atoms with Gasteiger partial charge >= 0.3 is 0 Å². The molecule has 37 heavy (non-hydrogen) atoms. The van der Waals surface area contributed by atoms with E-state index in [1.54, 1.807) is 24.3 Å². The van der Waals surface area contributed by atoms with Gasteiger partial charge in [0.1, 0.15) is 30.0 Å². The maximum Gasteiger partial charge on any atom is 0.164 e. The topological polar surface area (TPSA) is 71.4 Å². The number of phenols is 2. The highest BCUT2D eigenvalue weighted by Crippen LogP contribution is 2.49. The third kappa shape index (κ3) is 5.12. The van der Waals surface area contributed by atoms with Gasteiger partial charge in [-0.15, -0.1) is 0 Å². The van der Waals surface area contributed by atoms with Crippen LogP contribution in [0.2, 0.25) is 0 Å². The predicted molar refractivity (Wildman–Crippen MR) is 145 cm³/mol. The summed E-state index contributed by atoms with van der Waals surface area (Å²) in [7, 11) is 1.52. The van der Waals surface area contributed by atoms with Crippen LogP contribution in [-0.2, 0) is 0 Å². The number of benzene rings is 3. The summed E-state index contributed by atoms with van der Waals surface area (Å²) in [4.78, 5) is 2.49. The van der Waals surface area contributed by atoms with E-state index in [1.807, 2.05) is 43.3 Å². The molecule has 2 N–H and O–H groups in total. The Balaban J connectivity index is 1.44. The lowest BCUT2D eigenvalue weighted by molar-refractivity contribution is 0.169. The number of aromatic hydroxyl groups is 2. The van der Waals surface area contributed by atoms with Crippen LogP contribution in [-0.4, -0.2) is 48.0 Å². The van der Waals surface area contributed by atoms with Crippen molar-refractivity contribution in [1.29, 1.82) is 0 Å². The monoisotopic (exact) mass is 501 g/mol. The highest BCUT2D eigenvalue weighted by Gasteiger charge is 2.31. The number of rotatable bonds is 7. The number of nitrogens with zero attached hydrogens (tertiary/aromatic N) is 1. The first-order chi connectivity index (χ1) is 17.8. The van der Waals surface area contributed by atoms with Crippen molar-refractivity contribution in [2.24, 2.45) is 5.92 Å². The Bertz CT molecular complexity index is 1300. The van der Waals surface area contributed by atoms with Crippen molar-refractivity contribution in [3.63, 3.8) is 0 Å². The first-order valence-corrected chi connectivity index (χ1v) is 12.9. The first kappa shape index (κ1) is 25.0. The van der Waals surface area contributed by atoms with Gasteiger partial charge in [-0.2, -0.15) is 0 Å². The van der Waals surface area contributed by atoms with Gasteiger partial charge in [-0.3, -0.25) is 4.90 Å². The van der Waals surface area contributed by atoms with E-state index < -0.39 is 6.10 Å². The Labute approximate surface area is 218 Å². The lowest BCUT2D eigenvalue weighted by atomic mass is 9.86. The number of phenolic OH excluding ortho intramolecular Hbond substituents is 2. The molecule has 5 rings (SSSR count). The first-order valence-electron chi connectivity index (χ1n) is 12.9. The van der Waals surface area contributed by atoms with Crippen LogP contribution in [0.15, 0.2) is 60.7 Å². The molecule has 2 aliphatic heterocycles. The summed E-state index contributed by atoms with van der Waals surface area (Å²) < 4.78 is 18.0. The van der Waals surface area contributed by atoms with E-state index in [0.29, 0.717) is 24.1 Å². The number of methoxy groups -OCH3 is 1. The standard InChI is InChI=1S/C31H35NO5/c1-19-12-13-32(17-19)20(2)18-36-25-10-8-22(9-11-25)31-30(23-6-5-7-24(33)14-23)21(3)26-15-27(34)29(35-4)16-28(26)37-31/h5-11,14-16,19-20,31,33-34H,12-13,17-18H2,1-4H3. The van der Waals surface area contributed by atoms with Crippen LogP contribution in [0.1, 0.15) is 50.0 Å². The van der Waals surface area contributed by atoms with E-state index in [1.165, 1.54) is 13.5 Å². The zero-order valence-corrected chi connectivity index (χ0v) is 21.9. The fraction of sp³-hybridized carbons (Fsp3) is 0.355. The Morgan fingerprint density at radius 3 is 2.54 bits per heavy atom. The minimum Gasteiger partial charge on any atom is -0.508 e. The molecule has 0 amide bonds. The fourth-order valence-electron chi connectivity index (χ4n) is 5.34. The summed E-state index contributed by atoms with van der Waals surface area (Å²) in [5.74, 6) is 2.81. The minimum atomic E-state index is -0.414. The van der Waals surface area contributed by atoms with Crippen LogP contribution in [0.4, 0.5) is 0 Å². The van der Waals surface area contributed by atoms with Gasteiger partial charge in [0.05, 0.1) is 7.11 Å². The Morgan fingerprint density at radius 2 is 1.86 bits per heavy atom. The molecule has 0 radical (unpaired) electrons. The van der Waals surface area contributed by atoms with Crippen molar-refractivity contribution in [2.75, 3.05) is 26.8 Å². The molecule has 0 saturated carbocycles. The molecule has 3 aromatic carbocycles. The van der Waals surface area contributed by atoms with Crippen LogP contribution in [0, 0.1) is 5.92 Å². The molecule has 194 valence electrons. The van der Waals surface area contributed by atoms with Gasteiger partial charge in [0.25, 0.3) is 0 Å². The second-order valence-corrected chi connectivity index (χ2v) is 10.2. The molecule has 3 unspecified atom stereocenters. The van der Waals surface area contributed by atoms with Gasteiger partial charge in [-0.1, -0.05) is 31.2 Å². The Morgan fingerprint density at radius 1 is 1.08 bits per heavy atom. The van der Waals surface area contributed by atoms with Crippen molar-refractivity contribution in [3.8, 4) is 28.7 Å². The van der Waals surface area contributed by atoms with Crippen molar-refractivity contribution < 1.29 is 24.4 Å². The van der Waals surface area contributed by atoms with Crippen LogP contribution < -0.4 is 14.2 Å². The lowest BCUT2D eigenvalue weighted by Gasteiger charge is -2.31. The number of allylic oxidation sites excluding steroid dienone is 1. The Hall–Kier alpha value is -3.64. The molecule has 3 aromatic rings. The predicted octanol–water partition coefficient (Wildman–Crippen LogP) is 6.28. The van der Waals surface area contributed by atoms with Gasteiger partial charge in [0.15, 0.2) is 11.5 Å². The third-order valence-corrected chi connectivity index (χ3v) is 7.51. The van der Waals surface area contributed by atoms with Crippen LogP contribution in [0.3, 0.4) is 0 Å². The van der Waals surface area contributed by atoms with Gasteiger partial charge in [0, 0.05) is 29.8 Å². The molecule has 1 saturated heterocycles. The van der Waals surface area contributed by atoms with Gasteiger partial charge in [-0.05, 0) is 79.8 Å². The molecule has 0 spiro atoms. The van der Waals surface area contributed by atoms with E-state index in [-0.39, 0.29) is 11.5 Å². The smallest absolute Gasteiger partial charge is 0.164 e. The van der Waals surface area contributed by atoms with E-state index in [4.69, 9.17) is 14.2 Å². The Kier molecular flexibility index (Phi) is 7.02. The summed E-state index contributed by atoms with van der Waals surface area (Å²) in [6, 6.07) is 19.0. The van der Waals surface area contributed by atoms with Crippen molar-refractivity contribution >= 4 is 11.1 Å². The largest absolute Gasteiger partial charge is 0.508 e. The summed E-state index contributed by atoms with van der Waals surface area (Å²) in [6.45, 7) is 9.46. The van der Waals surface area contributed by atoms with Crippen LogP contribution in [0.25, 0.3) is 11.1 Å². The van der Waals surface area contributed by atoms with Crippen molar-refractivity contribution in [3.05, 3.63) is 77.4 Å². The minimum absolute atomic E-state index is 0.0528. The van der Waals surface area contributed by atoms with Gasteiger partial charge < -0.3 is 24.4 Å². The molecular weight excluding hydrogens is 466 g/mol. The second-order valence-electron chi connectivity index (χ2n) is 10.2. The van der Waals surface area contributed by atoms with E-state index in [0.717, 1.165) is 52.6 Å². The fourth-order valence-corrected chi connectivity index (χ4v) is 5.34. The molecule has 2 aliphatic rings. The maximum absolute atomic E-state index is 10.4. The number of ether oxygens (including phenoxy) is 3. The van der Waals surface area contributed by atoms with E-state index in [9.17, 15) is 10.2 Å². The molecule has 0 aromatic heterocycles. The highest BCUT2D eigenvalue weighted by molar-refractivity contribution is 5.96.